The van der Waals surface area contributed by atoms with Gasteiger partial charge in [0.1, 0.15) is 0 Å². The molecular formula is C18H22N2O4S. The highest BCUT2D eigenvalue weighted by atomic mass is 32.2. The van der Waals surface area contributed by atoms with Gasteiger partial charge in [0, 0.05) is 12.2 Å². The van der Waals surface area contributed by atoms with Crippen LogP contribution >= 0.6 is 0 Å². The lowest BCUT2D eigenvalue weighted by Crippen LogP contribution is -2.34. The van der Waals surface area contributed by atoms with Crippen molar-refractivity contribution in [2.24, 2.45) is 0 Å². The van der Waals surface area contributed by atoms with E-state index in [2.05, 4.69) is 5.10 Å². The van der Waals surface area contributed by atoms with Gasteiger partial charge in [0.25, 0.3) is 5.56 Å². The fourth-order valence-electron chi connectivity index (χ4n) is 2.88. The number of benzene rings is 1. The summed E-state index contributed by atoms with van der Waals surface area (Å²) in [4.78, 5) is 12.9. The van der Waals surface area contributed by atoms with Gasteiger partial charge in [-0.05, 0) is 43.4 Å². The number of ether oxygens (including phenoxy) is 1. The number of hydrogen-bond acceptors (Lipinski definition) is 5. The van der Waals surface area contributed by atoms with Gasteiger partial charge in [0.2, 0.25) is 9.84 Å². The summed E-state index contributed by atoms with van der Waals surface area (Å²) in [6, 6.07) is 9.53. The lowest BCUT2D eigenvalue weighted by Gasteiger charge is -2.24. The molecule has 1 fully saturated rings. The Morgan fingerprint density at radius 3 is 2.52 bits per heavy atom. The van der Waals surface area contributed by atoms with Crippen LogP contribution in [-0.4, -0.2) is 24.8 Å². The first kappa shape index (κ1) is 17.8. The number of aromatic nitrogens is 2. The molecule has 6 nitrogen and oxygen atoms in total. The summed E-state index contributed by atoms with van der Waals surface area (Å²) in [6.45, 7) is 4.27. The molecule has 1 aliphatic heterocycles. The molecule has 0 aliphatic carbocycles. The normalized spacial score (nSPS) is 18.4. The molecule has 0 radical (unpaired) electrons. The fraction of sp³-hybridized carbons (Fsp3) is 0.444. The van der Waals surface area contributed by atoms with Crippen LogP contribution in [0.25, 0.3) is 0 Å². The molecule has 1 unspecified atom stereocenters. The van der Waals surface area contributed by atoms with E-state index in [1.165, 1.54) is 22.9 Å². The minimum atomic E-state index is -3.80. The number of hydrogen-bond donors (Lipinski definition) is 0. The van der Waals surface area contributed by atoms with E-state index in [0.29, 0.717) is 18.6 Å². The van der Waals surface area contributed by atoms with Crippen LogP contribution < -0.4 is 5.56 Å². The van der Waals surface area contributed by atoms with Crippen LogP contribution in [0, 0.1) is 0 Å². The highest BCUT2D eigenvalue weighted by Gasteiger charge is 2.26. The first-order valence-corrected chi connectivity index (χ1v) is 9.95. The SMILES string of the molecule is CC(C)c1cc(S(=O)(=O)c2ccccc2)nn(C2CCCCO2)c1=O. The minimum absolute atomic E-state index is 0.115. The largest absolute Gasteiger partial charge is 0.356 e. The lowest BCUT2D eigenvalue weighted by atomic mass is 10.1. The highest BCUT2D eigenvalue weighted by Crippen LogP contribution is 2.24. The van der Waals surface area contributed by atoms with Gasteiger partial charge in [-0.2, -0.15) is 9.78 Å². The van der Waals surface area contributed by atoms with Crippen molar-refractivity contribution in [1.82, 2.24) is 9.78 Å². The Bertz CT molecular complexity index is 898. The van der Waals surface area contributed by atoms with Crippen molar-refractivity contribution in [2.45, 2.75) is 55.2 Å². The zero-order chi connectivity index (χ0) is 18.0. The van der Waals surface area contributed by atoms with Crippen LogP contribution in [-0.2, 0) is 14.6 Å². The topological polar surface area (TPSA) is 78.3 Å². The van der Waals surface area contributed by atoms with Gasteiger partial charge in [0.05, 0.1) is 4.90 Å². The van der Waals surface area contributed by atoms with Gasteiger partial charge >= 0.3 is 0 Å². The summed E-state index contributed by atoms with van der Waals surface area (Å²) in [6.07, 6.45) is 2.00. The van der Waals surface area contributed by atoms with Crippen LogP contribution in [0.2, 0.25) is 0 Å². The maximum absolute atomic E-state index is 12.9. The van der Waals surface area contributed by atoms with E-state index in [-0.39, 0.29) is 21.4 Å². The lowest BCUT2D eigenvalue weighted by molar-refractivity contribution is -0.0437. The monoisotopic (exact) mass is 362 g/mol. The maximum Gasteiger partial charge on any atom is 0.272 e. The molecule has 134 valence electrons. The molecule has 0 saturated carbocycles. The van der Waals surface area contributed by atoms with Gasteiger partial charge in [-0.15, -0.1) is 0 Å². The molecule has 1 aliphatic rings. The standard InChI is InChI=1S/C18H22N2O4S/c1-13(2)15-12-16(25(22,23)14-8-4-3-5-9-14)19-20(18(15)21)17-10-6-7-11-24-17/h3-5,8-9,12-13,17H,6-7,10-11H2,1-2H3. The summed E-state index contributed by atoms with van der Waals surface area (Å²) in [7, 11) is -3.80. The Labute approximate surface area is 147 Å². The first-order chi connectivity index (χ1) is 11.9. The van der Waals surface area contributed by atoms with Crippen LogP contribution in [0.3, 0.4) is 0 Å². The molecule has 25 heavy (non-hydrogen) atoms. The molecule has 1 aromatic heterocycles. The van der Waals surface area contributed by atoms with E-state index in [1.54, 1.807) is 18.2 Å². The van der Waals surface area contributed by atoms with E-state index in [0.717, 1.165) is 12.8 Å². The van der Waals surface area contributed by atoms with Crippen LogP contribution in [0.4, 0.5) is 0 Å². The predicted molar refractivity (Wildman–Crippen MR) is 93.3 cm³/mol. The molecule has 0 N–H and O–H groups in total. The van der Waals surface area contributed by atoms with E-state index in [1.807, 2.05) is 13.8 Å². The molecule has 1 atom stereocenters. The zero-order valence-corrected chi connectivity index (χ0v) is 15.2. The van der Waals surface area contributed by atoms with Gasteiger partial charge in [-0.25, -0.2) is 8.42 Å². The molecule has 7 heteroatoms. The highest BCUT2D eigenvalue weighted by molar-refractivity contribution is 7.91. The van der Waals surface area contributed by atoms with Crippen LogP contribution in [0.1, 0.15) is 50.8 Å². The van der Waals surface area contributed by atoms with Crippen molar-refractivity contribution in [3.05, 3.63) is 52.3 Å². The summed E-state index contributed by atoms with van der Waals surface area (Å²) < 4.78 is 32.7. The van der Waals surface area contributed by atoms with Crippen LogP contribution in [0.15, 0.2) is 51.1 Å². The quantitative estimate of drug-likeness (QED) is 0.836. The van der Waals surface area contributed by atoms with Gasteiger partial charge < -0.3 is 4.74 Å². The zero-order valence-electron chi connectivity index (χ0n) is 14.4. The Morgan fingerprint density at radius 2 is 1.92 bits per heavy atom. The third kappa shape index (κ3) is 3.52. The molecule has 1 saturated heterocycles. The van der Waals surface area contributed by atoms with Gasteiger partial charge in [-0.1, -0.05) is 32.0 Å². The molecule has 0 amide bonds. The molecule has 2 aromatic rings. The van der Waals surface area contributed by atoms with Crippen LogP contribution in [0.5, 0.6) is 0 Å². The Kier molecular flexibility index (Phi) is 5.06. The van der Waals surface area contributed by atoms with Gasteiger partial charge in [-0.3, -0.25) is 4.79 Å². The summed E-state index contributed by atoms with van der Waals surface area (Å²) in [5.74, 6) is -0.116. The molecular weight excluding hydrogens is 340 g/mol. The average molecular weight is 362 g/mol. The summed E-state index contributed by atoms with van der Waals surface area (Å²) >= 11 is 0. The van der Waals surface area contributed by atoms with Crippen molar-refractivity contribution in [3.8, 4) is 0 Å². The second-order valence-corrected chi connectivity index (χ2v) is 8.38. The second-order valence-electron chi connectivity index (χ2n) is 6.48. The molecule has 2 heterocycles. The Morgan fingerprint density at radius 1 is 1.20 bits per heavy atom. The Hall–Kier alpha value is -1.99. The van der Waals surface area contributed by atoms with E-state index in [9.17, 15) is 13.2 Å². The van der Waals surface area contributed by atoms with Crippen molar-refractivity contribution in [1.29, 1.82) is 0 Å². The van der Waals surface area contributed by atoms with Crippen molar-refractivity contribution in [3.63, 3.8) is 0 Å². The number of sulfone groups is 1. The molecule has 0 spiro atoms. The van der Waals surface area contributed by atoms with E-state index >= 15 is 0 Å². The van der Waals surface area contributed by atoms with Crippen molar-refractivity contribution < 1.29 is 13.2 Å². The van der Waals surface area contributed by atoms with Crippen molar-refractivity contribution in [2.75, 3.05) is 6.61 Å². The summed E-state index contributed by atoms with van der Waals surface area (Å²) in [5.41, 5.74) is 0.146. The smallest absolute Gasteiger partial charge is 0.272 e. The second kappa shape index (κ2) is 7.09. The van der Waals surface area contributed by atoms with E-state index in [4.69, 9.17) is 4.74 Å². The third-order valence-corrected chi connectivity index (χ3v) is 5.96. The third-order valence-electron chi connectivity index (χ3n) is 4.32. The molecule has 3 rings (SSSR count). The first-order valence-electron chi connectivity index (χ1n) is 8.47. The average Bonchev–Trinajstić information content (AvgIpc) is 2.63. The fourth-order valence-corrected chi connectivity index (χ4v) is 4.12. The van der Waals surface area contributed by atoms with Gasteiger partial charge in [0.15, 0.2) is 11.3 Å². The molecule has 1 aromatic carbocycles. The maximum atomic E-state index is 12.9. The Balaban J connectivity index is 2.17. The van der Waals surface area contributed by atoms with Crippen molar-refractivity contribution >= 4 is 9.84 Å². The minimum Gasteiger partial charge on any atom is -0.356 e. The number of rotatable bonds is 4. The molecule has 0 bridgehead atoms. The van der Waals surface area contributed by atoms with E-state index < -0.39 is 16.1 Å². The summed E-state index contributed by atoms with van der Waals surface area (Å²) in [5, 5.41) is 4.06. The number of nitrogens with zero attached hydrogens (tertiary/aromatic N) is 2. The predicted octanol–water partition coefficient (Wildman–Crippen LogP) is 2.90.